The van der Waals surface area contributed by atoms with Crippen LogP contribution in [0.1, 0.15) is 38.0 Å². The monoisotopic (exact) mass is 453 g/mol. The molecule has 2 rings (SSSR count). The number of aliphatic hydroxyl groups excluding tert-OH is 2. The van der Waals surface area contributed by atoms with Gasteiger partial charge in [-0.05, 0) is 45.0 Å². The number of anilines is 1. The third-order valence-corrected chi connectivity index (χ3v) is 3.85. The van der Waals surface area contributed by atoms with E-state index in [-0.39, 0.29) is 21.8 Å². The number of aliphatic hydroxyl groups is 2. The Morgan fingerprint density at radius 2 is 1.69 bits per heavy atom. The topological polar surface area (TPSA) is 78.8 Å². The van der Waals surface area contributed by atoms with Crippen LogP contribution in [-0.4, -0.2) is 28.5 Å². The number of alkyl halides is 2. The molecule has 0 aliphatic heterocycles. The van der Waals surface area contributed by atoms with Crippen molar-refractivity contribution in [3.05, 3.63) is 63.4 Å². The molecule has 1 amide bonds. The molecule has 0 aromatic heterocycles. The van der Waals surface area contributed by atoms with Gasteiger partial charge in [-0.15, -0.1) is 0 Å². The summed E-state index contributed by atoms with van der Waals surface area (Å²) in [5.74, 6) is -0.651. The van der Waals surface area contributed by atoms with E-state index in [9.17, 15) is 23.1 Å². The van der Waals surface area contributed by atoms with Gasteiger partial charge in [-0.1, -0.05) is 35.3 Å². The average molecular weight is 454 g/mol. The molecule has 29 heavy (non-hydrogen) atoms. The van der Waals surface area contributed by atoms with Crippen LogP contribution in [0.4, 0.5) is 23.7 Å². The van der Waals surface area contributed by atoms with E-state index in [1.807, 2.05) is 0 Å². The Kier molecular flexibility index (Phi) is 9.22. The smallest absolute Gasteiger partial charge is 0.412 e. The standard InChI is InChI=1S/C18H18Cl2FNO3.CH2F2O/c1-18(2,3)25-17(24)22-14-8-7-10(19)9-12(14)16(23)11-5-4-6-13(21)15(11)20;2-1(3)4/h4-9,16,23H,1-3H3,(H,22,24);1,4H. The second-order valence-electron chi connectivity index (χ2n) is 6.68. The first-order valence-electron chi connectivity index (χ1n) is 8.19. The number of carbonyl (C=O) groups is 1. The van der Waals surface area contributed by atoms with Crippen LogP contribution in [0.2, 0.25) is 10.0 Å². The zero-order chi connectivity index (χ0) is 22.4. The lowest BCUT2D eigenvalue weighted by molar-refractivity contribution is -0.0728. The predicted molar refractivity (Wildman–Crippen MR) is 105 cm³/mol. The molecule has 0 saturated heterocycles. The van der Waals surface area contributed by atoms with Crippen molar-refractivity contribution in [2.75, 3.05) is 5.32 Å². The molecule has 0 radical (unpaired) electrons. The van der Waals surface area contributed by atoms with Gasteiger partial charge in [0.2, 0.25) is 0 Å². The first-order valence-corrected chi connectivity index (χ1v) is 8.95. The van der Waals surface area contributed by atoms with E-state index in [0.29, 0.717) is 5.02 Å². The van der Waals surface area contributed by atoms with Crippen molar-refractivity contribution in [2.24, 2.45) is 0 Å². The van der Waals surface area contributed by atoms with Crippen molar-refractivity contribution >= 4 is 35.0 Å². The highest BCUT2D eigenvalue weighted by Crippen LogP contribution is 2.35. The molecule has 2 aromatic carbocycles. The van der Waals surface area contributed by atoms with Crippen molar-refractivity contribution in [3.8, 4) is 0 Å². The molecule has 0 bridgehead atoms. The highest BCUT2D eigenvalue weighted by Gasteiger charge is 2.22. The largest absolute Gasteiger partial charge is 0.444 e. The molecular formula is C19H20Cl2F3NO4. The van der Waals surface area contributed by atoms with Crippen LogP contribution >= 0.6 is 23.2 Å². The Balaban J connectivity index is 0.000000960. The second kappa shape index (κ2) is 10.7. The van der Waals surface area contributed by atoms with Gasteiger partial charge in [0.25, 0.3) is 0 Å². The molecule has 0 aliphatic carbocycles. The Bertz CT molecular complexity index is 842. The summed E-state index contributed by atoms with van der Waals surface area (Å²) in [6.07, 6.45) is -1.97. The van der Waals surface area contributed by atoms with Crippen LogP contribution in [-0.2, 0) is 4.74 Å². The van der Waals surface area contributed by atoms with Gasteiger partial charge >= 0.3 is 12.7 Å². The summed E-state index contributed by atoms with van der Waals surface area (Å²) in [5.41, 5.74) is 0.0368. The van der Waals surface area contributed by atoms with Crippen LogP contribution in [0.5, 0.6) is 0 Å². The molecule has 5 nitrogen and oxygen atoms in total. The van der Waals surface area contributed by atoms with Crippen molar-refractivity contribution in [1.82, 2.24) is 0 Å². The van der Waals surface area contributed by atoms with Crippen LogP contribution in [0.25, 0.3) is 0 Å². The van der Waals surface area contributed by atoms with Gasteiger partial charge < -0.3 is 14.9 Å². The van der Waals surface area contributed by atoms with E-state index in [1.54, 1.807) is 26.8 Å². The molecule has 2 aromatic rings. The summed E-state index contributed by atoms with van der Waals surface area (Å²) in [7, 11) is 0. The molecule has 3 N–H and O–H groups in total. The van der Waals surface area contributed by atoms with Crippen LogP contribution in [0, 0.1) is 5.82 Å². The lowest BCUT2D eigenvalue weighted by Gasteiger charge is -2.22. The minimum atomic E-state index is -3.17. The van der Waals surface area contributed by atoms with Gasteiger partial charge in [0.15, 0.2) is 0 Å². The van der Waals surface area contributed by atoms with Crippen LogP contribution in [0.15, 0.2) is 36.4 Å². The number of rotatable bonds is 3. The highest BCUT2D eigenvalue weighted by molar-refractivity contribution is 6.31. The number of benzene rings is 2. The molecule has 0 saturated carbocycles. The lowest BCUT2D eigenvalue weighted by Crippen LogP contribution is -2.27. The summed E-state index contributed by atoms with van der Waals surface area (Å²) < 4.78 is 38.7. The van der Waals surface area contributed by atoms with Gasteiger partial charge in [-0.25, -0.2) is 9.18 Å². The molecule has 0 aliphatic rings. The molecule has 0 spiro atoms. The zero-order valence-corrected chi connectivity index (χ0v) is 17.2. The van der Waals surface area contributed by atoms with Crippen molar-refractivity contribution in [3.63, 3.8) is 0 Å². The number of ether oxygens (including phenoxy) is 1. The molecule has 1 atom stereocenters. The normalized spacial score (nSPS) is 12.1. The Labute approximate surface area is 176 Å². The molecule has 10 heteroatoms. The minimum absolute atomic E-state index is 0.163. The summed E-state index contributed by atoms with van der Waals surface area (Å²) in [5, 5.41) is 20.1. The fourth-order valence-corrected chi connectivity index (χ4v) is 2.60. The van der Waals surface area contributed by atoms with Gasteiger partial charge in [-0.2, -0.15) is 8.78 Å². The van der Waals surface area contributed by atoms with Crippen molar-refractivity contribution < 1.29 is 32.9 Å². The maximum Gasteiger partial charge on any atom is 0.412 e. The first-order chi connectivity index (χ1) is 13.3. The summed E-state index contributed by atoms with van der Waals surface area (Å²) >= 11 is 11.9. The number of halogens is 5. The van der Waals surface area contributed by atoms with E-state index in [2.05, 4.69) is 5.32 Å². The quantitative estimate of drug-likeness (QED) is 0.551. The maximum absolute atomic E-state index is 13.7. The Morgan fingerprint density at radius 1 is 1.10 bits per heavy atom. The van der Waals surface area contributed by atoms with Crippen molar-refractivity contribution in [1.29, 1.82) is 0 Å². The van der Waals surface area contributed by atoms with E-state index < -0.39 is 30.2 Å². The van der Waals surface area contributed by atoms with E-state index in [4.69, 9.17) is 33.0 Å². The van der Waals surface area contributed by atoms with Crippen molar-refractivity contribution in [2.45, 2.75) is 39.1 Å². The van der Waals surface area contributed by atoms with Crippen LogP contribution < -0.4 is 5.32 Å². The molecular weight excluding hydrogens is 434 g/mol. The van der Waals surface area contributed by atoms with Gasteiger partial charge in [0.05, 0.1) is 10.7 Å². The summed E-state index contributed by atoms with van der Waals surface area (Å²) in [4.78, 5) is 12.0. The average Bonchev–Trinajstić information content (AvgIpc) is 2.56. The number of carbonyl (C=O) groups excluding carboxylic acids is 1. The molecule has 160 valence electrons. The first kappa shape index (κ1) is 25.0. The summed E-state index contributed by atoms with van der Waals surface area (Å²) in [6.45, 7) is 2.03. The molecule has 1 unspecified atom stereocenters. The van der Waals surface area contributed by atoms with Gasteiger partial charge in [0.1, 0.15) is 17.5 Å². The number of hydrogen-bond donors (Lipinski definition) is 3. The van der Waals surface area contributed by atoms with Gasteiger partial charge in [-0.3, -0.25) is 5.32 Å². The maximum atomic E-state index is 13.7. The third kappa shape index (κ3) is 8.49. The molecule has 0 heterocycles. The number of nitrogens with one attached hydrogen (secondary N) is 1. The highest BCUT2D eigenvalue weighted by atomic mass is 35.5. The SMILES string of the molecule is CC(C)(C)OC(=O)Nc1ccc(Cl)cc1C(O)c1cccc(F)c1Cl.OC(F)F. The summed E-state index contributed by atoms with van der Waals surface area (Å²) in [6, 6.07) is 8.67. The second-order valence-corrected chi connectivity index (χ2v) is 7.50. The predicted octanol–water partition coefficient (Wildman–Crippen LogP) is 5.76. The number of amides is 1. The fourth-order valence-electron chi connectivity index (χ4n) is 2.19. The molecule has 0 fully saturated rings. The third-order valence-electron chi connectivity index (χ3n) is 3.22. The zero-order valence-electron chi connectivity index (χ0n) is 15.7. The lowest BCUT2D eigenvalue weighted by atomic mass is 9.99. The van der Waals surface area contributed by atoms with E-state index >= 15 is 0 Å². The Morgan fingerprint density at radius 3 is 2.24 bits per heavy atom. The van der Waals surface area contributed by atoms with Gasteiger partial charge in [0, 0.05) is 16.1 Å². The minimum Gasteiger partial charge on any atom is -0.444 e. The fraction of sp³-hybridized carbons (Fsp3) is 0.316. The number of hydrogen-bond acceptors (Lipinski definition) is 4. The van der Waals surface area contributed by atoms with E-state index in [0.717, 1.165) is 0 Å². The Hall–Kier alpha value is -2.00. The van der Waals surface area contributed by atoms with E-state index in [1.165, 1.54) is 30.3 Å². The van der Waals surface area contributed by atoms with Crippen LogP contribution in [0.3, 0.4) is 0 Å².